The Hall–Kier alpha value is -0.950. The number of thioether (sulfide) groups is 1. The third-order valence-corrected chi connectivity index (χ3v) is 5.42. The van der Waals surface area contributed by atoms with Crippen LogP contribution in [0.5, 0.6) is 0 Å². The zero-order chi connectivity index (χ0) is 15.5. The fraction of sp³-hybridized carbons (Fsp3) is 0.857. The first-order valence-electron chi connectivity index (χ1n) is 7.51. The molecule has 0 aromatic heterocycles. The van der Waals surface area contributed by atoms with Crippen LogP contribution in [0.25, 0.3) is 0 Å². The fourth-order valence-electron chi connectivity index (χ4n) is 2.83. The molecule has 0 saturated carbocycles. The lowest BCUT2D eigenvalue weighted by atomic mass is 10.0. The molecule has 2 heterocycles. The van der Waals surface area contributed by atoms with Crippen LogP contribution in [-0.4, -0.2) is 57.9 Å². The van der Waals surface area contributed by atoms with Crippen LogP contribution in [0.2, 0.25) is 0 Å². The van der Waals surface area contributed by atoms with Crippen molar-refractivity contribution in [2.75, 3.05) is 18.9 Å². The van der Waals surface area contributed by atoms with Gasteiger partial charge in [0.15, 0.2) is 0 Å². The smallest absolute Gasteiger partial charge is 0.327 e. The number of hydrogen-bond acceptors (Lipinski definition) is 4. The number of carboxylic acid groups (broad SMARTS) is 1. The zero-order valence-corrected chi connectivity index (χ0v) is 13.4. The molecule has 0 aromatic rings. The number of nitrogens with one attached hydrogen (secondary N) is 1. The van der Waals surface area contributed by atoms with Crippen LogP contribution in [0.3, 0.4) is 0 Å². The maximum atomic E-state index is 12.4. The van der Waals surface area contributed by atoms with E-state index in [0.29, 0.717) is 12.3 Å². The van der Waals surface area contributed by atoms with E-state index in [1.165, 1.54) is 4.90 Å². The Balaban J connectivity index is 1.97. The highest BCUT2D eigenvalue weighted by molar-refractivity contribution is 8.00. The first-order chi connectivity index (χ1) is 9.97. The number of nitrogens with zero attached hydrogens (tertiary/aromatic N) is 1. The van der Waals surface area contributed by atoms with Gasteiger partial charge < -0.3 is 15.2 Å². The highest BCUT2D eigenvalue weighted by Crippen LogP contribution is 2.32. The molecule has 2 aliphatic rings. The summed E-state index contributed by atoms with van der Waals surface area (Å²) in [4.78, 5) is 25.3. The van der Waals surface area contributed by atoms with Gasteiger partial charge in [-0.25, -0.2) is 9.59 Å². The van der Waals surface area contributed by atoms with Gasteiger partial charge in [-0.3, -0.25) is 4.90 Å². The molecule has 21 heavy (non-hydrogen) atoms. The number of urea groups is 1. The highest BCUT2D eigenvalue weighted by Gasteiger charge is 2.42. The molecule has 3 unspecified atom stereocenters. The number of aliphatic carboxylic acids is 1. The molecule has 0 spiro atoms. The number of carboxylic acids is 1. The third-order valence-electron chi connectivity index (χ3n) is 4.06. The van der Waals surface area contributed by atoms with Crippen molar-refractivity contribution in [2.45, 2.75) is 56.5 Å². The van der Waals surface area contributed by atoms with Gasteiger partial charge in [0.2, 0.25) is 0 Å². The van der Waals surface area contributed by atoms with E-state index in [1.807, 2.05) is 13.8 Å². The summed E-state index contributed by atoms with van der Waals surface area (Å²) in [5.74, 6) is -0.471. The molecule has 7 heteroatoms. The van der Waals surface area contributed by atoms with Crippen LogP contribution < -0.4 is 5.32 Å². The molecule has 2 fully saturated rings. The van der Waals surface area contributed by atoms with Crippen LogP contribution >= 0.6 is 11.8 Å². The summed E-state index contributed by atoms with van der Waals surface area (Å²) in [5.41, 5.74) is -0.318. The van der Waals surface area contributed by atoms with Crippen LogP contribution in [0, 0.1) is 0 Å². The minimum absolute atomic E-state index is 0.0478. The van der Waals surface area contributed by atoms with Crippen molar-refractivity contribution in [1.82, 2.24) is 10.2 Å². The number of ether oxygens (including phenoxy) is 1. The Morgan fingerprint density at radius 2 is 2.29 bits per heavy atom. The summed E-state index contributed by atoms with van der Waals surface area (Å²) in [6, 6.07) is -1.02. The standard InChI is InChI=1S/C14H24N2O4S/c1-3-5-11-16(10(8-21-11)12(17)18)13(19)15-9-14(2)6-4-7-20-14/h10-11H,3-9H2,1-2H3,(H,15,19)(H,17,18). The lowest BCUT2D eigenvalue weighted by Crippen LogP contribution is -2.52. The number of carbonyl (C=O) groups excluding carboxylic acids is 1. The Kier molecular flexibility index (Phi) is 5.37. The normalized spacial score (nSPS) is 32.4. The summed E-state index contributed by atoms with van der Waals surface area (Å²) < 4.78 is 5.65. The molecular weight excluding hydrogens is 292 g/mol. The average Bonchev–Trinajstić information content (AvgIpc) is 3.04. The van der Waals surface area contributed by atoms with E-state index < -0.39 is 12.0 Å². The van der Waals surface area contributed by atoms with Gasteiger partial charge in [0.25, 0.3) is 0 Å². The number of carbonyl (C=O) groups is 2. The fourth-order valence-corrected chi connectivity index (χ4v) is 4.34. The van der Waals surface area contributed by atoms with Crippen LogP contribution in [-0.2, 0) is 9.53 Å². The number of amides is 2. The minimum atomic E-state index is -0.931. The molecule has 0 aliphatic carbocycles. The van der Waals surface area contributed by atoms with Crippen molar-refractivity contribution in [3.63, 3.8) is 0 Å². The predicted molar refractivity (Wildman–Crippen MR) is 81.4 cm³/mol. The summed E-state index contributed by atoms with van der Waals surface area (Å²) in [6.07, 6.45) is 3.66. The van der Waals surface area contributed by atoms with Gasteiger partial charge in [-0.15, -0.1) is 11.8 Å². The lowest BCUT2D eigenvalue weighted by molar-refractivity contribution is -0.141. The molecule has 2 amide bonds. The summed E-state index contributed by atoms with van der Waals surface area (Å²) in [6.45, 7) is 5.18. The van der Waals surface area contributed by atoms with E-state index in [2.05, 4.69) is 5.32 Å². The number of rotatable bonds is 5. The topological polar surface area (TPSA) is 78.9 Å². The second-order valence-corrected chi connectivity index (χ2v) is 7.11. The summed E-state index contributed by atoms with van der Waals surface area (Å²) >= 11 is 1.55. The van der Waals surface area contributed by atoms with Crippen molar-refractivity contribution in [3.8, 4) is 0 Å². The van der Waals surface area contributed by atoms with Gasteiger partial charge in [-0.1, -0.05) is 13.3 Å². The zero-order valence-electron chi connectivity index (χ0n) is 12.6. The van der Waals surface area contributed by atoms with E-state index in [0.717, 1.165) is 32.3 Å². The van der Waals surface area contributed by atoms with Gasteiger partial charge >= 0.3 is 12.0 Å². The van der Waals surface area contributed by atoms with E-state index in [-0.39, 0.29) is 17.0 Å². The van der Waals surface area contributed by atoms with E-state index in [4.69, 9.17) is 4.74 Å². The van der Waals surface area contributed by atoms with E-state index in [1.54, 1.807) is 11.8 Å². The highest BCUT2D eigenvalue weighted by atomic mass is 32.2. The van der Waals surface area contributed by atoms with Gasteiger partial charge in [0.1, 0.15) is 6.04 Å². The van der Waals surface area contributed by atoms with Gasteiger partial charge in [0, 0.05) is 18.9 Å². The monoisotopic (exact) mass is 316 g/mol. The molecule has 2 N–H and O–H groups in total. The molecule has 6 nitrogen and oxygen atoms in total. The second-order valence-electron chi connectivity index (χ2n) is 5.90. The molecule has 0 radical (unpaired) electrons. The Morgan fingerprint density at radius 1 is 1.52 bits per heavy atom. The SMILES string of the molecule is CCCC1SCC(C(=O)O)N1C(=O)NCC1(C)CCCO1. The molecule has 0 aromatic carbocycles. The molecule has 0 bridgehead atoms. The minimum Gasteiger partial charge on any atom is -0.480 e. The van der Waals surface area contributed by atoms with Gasteiger partial charge in [0.05, 0.1) is 11.0 Å². The summed E-state index contributed by atoms with van der Waals surface area (Å²) in [7, 11) is 0. The van der Waals surface area contributed by atoms with Gasteiger partial charge in [-0.2, -0.15) is 0 Å². The molecule has 120 valence electrons. The molecule has 2 aliphatic heterocycles. The first kappa shape index (κ1) is 16.4. The van der Waals surface area contributed by atoms with Crippen molar-refractivity contribution in [2.24, 2.45) is 0 Å². The Bertz CT molecular complexity index is 398. The Labute approximate surface area is 129 Å². The lowest BCUT2D eigenvalue weighted by Gasteiger charge is -2.30. The number of hydrogen-bond donors (Lipinski definition) is 2. The van der Waals surface area contributed by atoms with Crippen molar-refractivity contribution < 1.29 is 19.4 Å². The van der Waals surface area contributed by atoms with E-state index in [9.17, 15) is 14.7 Å². The molecule has 2 saturated heterocycles. The third kappa shape index (κ3) is 3.83. The molecule has 2 rings (SSSR count). The maximum absolute atomic E-state index is 12.4. The molecular formula is C14H24N2O4S. The Morgan fingerprint density at radius 3 is 2.86 bits per heavy atom. The largest absolute Gasteiger partial charge is 0.480 e. The van der Waals surface area contributed by atoms with Crippen molar-refractivity contribution >= 4 is 23.8 Å². The van der Waals surface area contributed by atoms with Crippen LogP contribution in [0.4, 0.5) is 4.79 Å². The summed E-state index contributed by atoms with van der Waals surface area (Å²) in [5, 5.41) is 12.1. The average molecular weight is 316 g/mol. The maximum Gasteiger partial charge on any atom is 0.327 e. The van der Waals surface area contributed by atoms with Crippen LogP contribution in [0.15, 0.2) is 0 Å². The quantitative estimate of drug-likeness (QED) is 0.810. The van der Waals surface area contributed by atoms with Crippen molar-refractivity contribution in [1.29, 1.82) is 0 Å². The predicted octanol–water partition coefficient (Wildman–Crippen LogP) is 1.89. The van der Waals surface area contributed by atoms with Crippen LogP contribution in [0.1, 0.15) is 39.5 Å². The van der Waals surface area contributed by atoms with Crippen molar-refractivity contribution in [3.05, 3.63) is 0 Å². The first-order valence-corrected chi connectivity index (χ1v) is 8.56. The second kappa shape index (κ2) is 6.87. The van der Waals surface area contributed by atoms with Gasteiger partial charge in [-0.05, 0) is 26.2 Å². The van der Waals surface area contributed by atoms with E-state index >= 15 is 0 Å². The molecule has 3 atom stereocenters.